The smallest absolute Gasteiger partial charge is 0.0436 e. The molecule has 0 unspecified atom stereocenters. The average Bonchev–Trinajstić information content (AvgIpc) is 2.29. The van der Waals surface area contributed by atoms with E-state index in [-0.39, 0.29) is 6.61 Å². The van der Waals surface area contributed by atoms with Crippen molar-refractivity contribution in [1.29, 1.82) is 0 Å². The molecule has 1 N–H and O–H groups in total. The number of hydrogen-bond acceptors (Lipinski definition) is 1. The fraction of sp³-hybridized carbons (Fsp3) is 0.571. The maximum absolute atomic E-state index is 8.94. The number of aliphatic hydroxyl groups is 1. The summed E-state index contributed by atoms with van der Waals surface area (Å²) in [4.78, 5) is 0. The molecule has 1 nitrogen and oxygen atoms in total. The SMILES string of the molecule is C[C@H](CCO)c1ccc2c(c1)CCCC2. The monoisotopic (exact) mass is 204 g/mol. The Kier molecular flexibility index (Phi) is 3.42. The summed E-state index contributed by atoms with van der Waals surface area (Å²) in [5.74, 6) is 0.488. The van der Waals surface area contributed by atoms with E-state index < -0.39 is 0 Å². The Bertz CT molecular complexity index is 330. The predicted octanol–water partition coefficient (Wildman–Crippen LogP) is 3.05. The molecule has 1 aromatic rings. The number of hydrogen-bond donors (Lipinski definition) is 1. The Hall–Kier alpha value is -0.820. The molecule has 0 amide bonds. The highest BCUT2D eigenvalue weighted by molar-refractivity contribution is 5.35. The van der Waals surface area contributed by atoms with Gasteiger partial charge in [-0.25, -0.2) is 0 Å². The van der Waals surface area contributed by atoms with Crippen molar-refractivity contribution in [1.82, 2.24) is 0 Å². The van der Waals surface area contributed by atoms with Crippen molar-refractivity contribution < 1.29 is 5.11 Å². The zero-order valence-electron chi connectivity index (χ0n) is 9.50. The minimum atomic E-state index is 0.290. The van der Waals surface area contributed by atoms with Crippen LogP contribution in [0.25, 0.3) is 0 Å². The third-order valence-corrected chi connectivity index (χ3v) is 3.50. The highest BCUT2D eigenvalue weighted by Gasteiger charge is 2.11. The first-order chi connectivity index (χ1) is 7.31. The third-order valence-electron chi connectivity index (χ3n) is 3.50. The summed E-state index contributed by atoms with van der Waals surface area (Å²) in [5.41, 5.74) is 4.48. The van der Waals surface area contributed by atoms with E-state index in [2.05, 4.69) is 25.1 Å². The van der Waals surface area contributed by atoms with Gasteiger partial charge in [0, 0.05) is 6.61 Å². The molecule has 15 heavy (non-hydrogen) atoms. The zero-order valence-corrected chi connectivity index (χ0v) is 9.50. The van der Waals surface area contributed by atoms with Crippen LogP contribution in [0.2, 0.25) is 0 Å². The van der Waals surface area contributed by atoms with Crippen LogP contribution in [-0.2, 0) is 12.8 Å². The molecule has 2 rings (SSSR count). The Balaban J connectivity index is 2.20. The lowest BCUT2D eigenvalue weighted by molar-refractivity contribution is 0.278. The fourth-order valence-corrected chi connectivity index (χ4v) is 2.42. The zero-order chi connectivity index (χ0) is 10.7. The van der Waals surface area contributed by atoms with Gasteiger partial charge in [-0.05, 0) is 54.7 Å². The van der Waals surface area contributed by atoms with Crippen molar-refractivity contribution in [2.75, 3.05) is 6.61 Å². The van der Waals surface area contributed by atoms with Crippen LogP contribution in [0.3, 0.4) is 0 Å². The molecule has 1 aromatic carbocycles. The van der Waals surface area contributed by atoms with Crippen molar-refractivity contribution >= 4 is 0 Å². The molecule has 1 atom stereocenters. The molecule has 0 fully saturated rings. The highest BCUT2D eigenvalue weighted by atomic mass is 16.3. The van der Waals surface area contributed by atoms with Gasteiger partial charge in [-0.15, -0.1) is 0 Å². The van der Waals surface area contributed by atoms with Crippen LogP contribution in [0.15, 0.2) is 18.2 Å². The van der Waals surface area contributed by atoms with Crippen LogP contribution in [0.1, 0.15) is 48.8 Å². The van der Waals surface area contributed by atoms with E-state index in [1.807, 2.05) is 0 Å². The Morgan fingerprint density at radius 2 is 1.93 bits per heavy atom. The van der Waals surface area contributed by atoms with Gasteiger partial charge in [0.25, 0.3) is 0 Å². The number of aryl methyl sites for hydroxylation is 2. The van der Waals surface area contributed by atoms with E-state index in [4.69, 9.17) is 5.11 Å². The van der Waals surface area contributed by atoms with Crippen LogP contribution in [0.4, 0.5) is 0 Å². The van der Waals surface area contributed by atoms with E-state index in [0.717, 1.165) is 6.42 Å². The van der Waals surface area contributed by atoms with E-state index in [0.29, 0.717) is 5.92 Å². The molecule has 1 aliphatic carbocycles. The molecule has 0 aliphatic heterocycles. The van der Waals surface area contributed by atoms with Gasteiger partial charge in [0.2, 0.25) is 0 Å². The molecule has 0 heterocycles. The molecular formula is C14H20O. The van der Waals surface area contributed by atoms with E-state index in [1.54, 1.807) is 11.1 Å². The lowest BCUT2D eigenvalue weighted by atomic mass is 9.87. The van der Waals surface area contributed by atoms with Gasteiger partial charge in [-0.2, -0.15) is 0 Å². The molecule has 0 spiro atoms. The van der Waals surface area contributed by atoms with Crippen LogP contribution in [0.5, 0.6) is 0 Å². The van der Waals surface area contributed by atoms with E-state index in [1.165, 1.54) is 31.2 Å². The molecule has 0 saturated heterocycles. The summed E-state index contributed by atoms with van der Waals surface area (Å²) >= 11 is 0. The van der Waals surface area contributed by atoms with E-state index >= 15 is 0 Å². The normalized spacial score (nSPS) is 17.2. The third kappa shape index (κ3) is 2.40. The molecule has 0 aromatic heterocycles. The molecule has 0 radical (unpaired) electrons. The maximum atomic E-state index is 8.94. The number of aliphatic hydroxyl groups excluding tert-OH is 1. The van der Waals surface area contributed by atoms with Crippen molar-refractivity contribution in [3.05, 3.63) is 34.9 Å². The lowest BCUT2D eigenvalue weighted by Crippen LogP contribution is -2.05. The summed E-state index contributed by atoms with van der Waals surface area (Å²) in [7, 11) is 0. The Morgan fingerprint density at radius 3 is 2.67 bits per heavy atom. The molecule has 82 valence electrons. The van der Waals surface area contributed by atoms with Gasteiger partial charge < -0.3 is 5.11 Å². The summed E-state index contributed by atoms with van der Waals surface area (Å²) in [5, 5.41) is 8.94. The Morgan fingerprint density at radius 1 is 1.20 bits per heavy atom. The molecule has 1 heteroatoms. The van der Waals surface area contributed by atoms with E-state index in [9.17, 15) is 0 Å². The van der Waals surface area contributed by atoms with Crippen LogP contribution in [-0.4, -0.2) is 11.7 Å². The van der Waals surface area contributed by atoms with Crippen LogP contribution in [0, 0.1) is 0 Å². The fourth-order valence-electron chi connectivity index (χ4n) is 2.42. The van der Waals surface area contributed by atoms with Gasteiger partial charge in [-0.3, -0.25) is 0 Å². The standard InChI is InChI=1S/C14H20O/c1-11(8-9-15)13-7-6-12-4-2-3-5-14(12)10-13/h6-7,10-11,15H,2-5,8-9H2,1H3/t11-/m1/s1. The summed E-state index contributed by atoms with van der Waals surface area (Å²) in [6, 6.07) is 6.89. The molecule has 0 saturated carbocycles. The second kappa shape index (κ2) is 4.80. The number of benzene rings is 1. The van der Waals surface area contributed by atoms with Crippen molar-refractivity contribution in [3.63, 3.8) is 0 Å². The Labute approximate surface area is 92.1 Å². The molecular weight excluding hydrogens is 184 g/mol. The topological polar surface area (TPSA) is 20.2 Å². The summed E-state index contributed by atoms with van der Waals surface area (Å²) < 4.78 is 0. The van der Waals surface area contributed by atoms with Gasteiger partial charge in [-0.1, -0.05) is 25.1 Å². The van der Waals surface area contributed by atoms with Crippen molar-refractivity contribution in [2.24, 2.45) is 0 Å². The number of fused-ring (bicyclic) bond motifs is 1. The van der Waals surface area contributed by atoms with Crippen molar-refractivity contribution in [3.8, 4) is 0 Å². The minimum Gasteiger partial charge on any atom is -0.396 e. The second-order valence-electron chi connectivity index (χ2n) is 4.65. The quantitative estimate of drug-likeness (QED) is 0.802. The van der Waals surface area contributed by atoms with Gasteiger partial charge in [0.05, 0.1) is 0 Å². The summed E-state index contributed by atoms with van der Waals surface area (Å²) in [6.45, 7) is 2.49. The highest BCUT2D eigenvalue weighted by Crippen LogP contribution is 2.26. The predicted molar refractivity (Wildman–Crippen MR) is 63.2 cm³/mol. The first-order valence-electron chi connectivity index (χ1n) is 6.04. The summed E-state index contributed by atoms with van der Waals surface area (Å²) in [6.07, 6.45) is 6.06. The maximum Gasteiger partial charge on any atom is 0.0436 e. The first-order valence-corrected chi connectivity index (χ1v) is 6.04. The van der Waals surface area contributed by atoms with Gasteiger partial charge in [0.15, 0.2) is 0 Å². The number of rotatable bonds is 3. The van der Waals surface area contributed by atoms with Crippen LogP contribution >= 0.6 is 0 Å². The molecule has 0 bridgehead atoms. The largest absolute Gasteiger partial charge is 0.396 e. The molecule has 1 aliphatic rings. The van der Waals surface area contributed by atoms with Crippen LogP contribution < -0.4 is 0 Å². The lowest BCUT2D eigenvalue weighted by Gasteiger charge is -2.18. The minimum absolute atomic E-state index is 0.290. The van der Waals surface area contributed by atoms with Gasteiger partial charge >= 0.3 is 0 Å². The van der Waals surface area contributed by atoms with Gasteiger partial charge in [0.1, 0.15) is 0 Å². The first kappa shape index (κ1) is 10.7. The van der Waals surface area contributed by atoms with Crippen molar-refractivity contribution in [2.45, 2.75) is 44.9 Å². The second-order valence-corrected chi connectivity index (χ2v) is 4.65. The average molecular weight is 204 g/mol.